The van der Waals surface area contributed by atoms with Crippen molar-refractivity contribution in [2.75, 3.05) is 24.2 Å². The lowest BCUT2D eigenvalue weighted by atomic mass is 9.90. The summed E-state index contributed by atoms with van der Waals surface area (Å²) in [5, 5.41) is 9.44. The molecule has 1 N–H and O–H groups in total. The molecule has 0 spiro atoms. The van der Waals surface area contributed by atoms with Crippen molar-refractivity contribution in [2.45, 2.75) is 36.1 Å². The van der Waals surface area contributed by atoms with Crippen molar-refractivity contribution in [3.63, 3.8) is 0 Å². The maximum absolute atomic E-state index is 14.1. The van der Waals surface area contributed by atoms with E-state index in [-0.39, 0.29) is 11.0 Å². The third kappa shape index (κ3) is 4.32. The van der Waals surface area contributed by atoms with Gasteiger partial charge in [-0.2, -0.15) is 0 Å². The number of thioether (sulfide) groups is 1. The van der Waals surface area contributed by atoms with Gasteiger partial charge in [-0.1, -0.05) is 38.1 Å². The van der Waals surface area contributed by atoms with Crippen LogP contribution in [0.3, 0.4) is 0 Å². The van der Waals surface area contributed by atoms with Crippen LogP contribution in [0, 0.1) is 11.2 Å². The number of anilines is 2. The fraction of sp³-hybridized carbons (Fsp3) is 0.296. The van der Waals surface area contributed by atoms with Crippen LogP contribution in [0.1, 0.15) is 30.6 Å². The molecule has 0 aromatic heterocycles. The van der Waals surface area contributed by atoms with Crippen LogP contribution in [0.5, 0.6) is 0 Å². The summed E-state index contributed by atoms with van der Waals surface area (Å²) < 4.78 is 16.6. The maximum Gasteiger partial charge on any atom is 0.338 e. The molecule has 2 aliphatic rings. The highest BCUT2D eigenvalue weighted by atomic mass is 32.2. The highest BCUT2D eigenvalue weighted by Gasteiger charge is 2.41. The second kappa shape index (κ2) is 8.95. The lowest BCUT2D eigenvalue weighted by Crippen LogP contribution is -2.32. The third-order valence-electron chi connectivity index (χ3n) is 6.54. The fourth-order valence-corrected chi connectivity index (χ4v) is 7.01. The quantitative estimate of drug-likeness (QED) is 0.306. The Morgan fingerprint density at radius 1 is 1.15 bits per heavy atom. The number of hydrogen-bond acceptors (Lipinski definition) is 5. The summed E-state index contributed by atoms with van der Waals surface area (Å²) >= 11 is 3.40. The van der Waals surface area contributed by atoms with Crippen molar-refractivity contribution in [1.29, 1.82) is 0 Å². The molecule has 4 nitrogen and oxygen atoms in total. The van der Waals surface area contributed by atoms with Gasteiger partial charge in [-0.05, 0) is 77.6 Å². The van der Waals surface area contributed by atoms with Gasteiger partial charge in [0.15, 0.2) is 0 Å². The zero-order chi connectivity index (χ0) is 24.0. The van der Waals surface area contributed by atoms with Gasteiger partial charge in [0, 0.05) is 34.6 Å². The van der Waals surface area contributed by atoms with Gasteiger partial charge in [0.05, 0.1) is 11.3 Å². The molecule has 34 heavy (non-hydrogen) atoms. The molecule has 1 saturated heterocycles. The Morgan fingerprint density at radius 3 is 2.62 bits per heavy atom. The molecule has 5 rings (SSSR count). The largest absolute Gasteiger partial charge is 0.478 e. The smallest absolute Gasteiger partial charge is 0.338 e. The number of benzene rings is 3. The van der Waals surface area contributed by atoms with Crippen LogP contribution in [0.15, 0.2) is 70.5 Å². The van der Waals surface area contributed by atoms with Crippen molar-refractivity contribution in [2.24, 2.45) is 5.41 Å². The molecule has 0 saturated carbocycles. The fourth-order valence-electron chi connectivity index (χ4n) is 4.99. The van der Waals surface area contributed by atoms with Gasteiger partial charge in [-0.15, -0.1) is 11.8 Å². The zero-order valence-electron chi connectivity index (χ0n) is 19.4. The summed E-state index contributed by atoms with van der Waals surface area (Å²) in [5.41, 5.74) is 3.88. The van der Waals surface area contributed by atoms with Gasteiger partial charge in [-0.3, -0.25) is 0 Å². The predicted molar refractivity (Wildman–Crippen MR) is 139 cm³/mol. The summed E-state index contributed by atoms with van der Waals surface area (Å²) in [7, 11) is 0. The predicted octanol–water partition coefficient (Wildman–Crippen LogP) is 7.17. The molecule has 3 aromatic carbocycles. The van der Waals surface area contributed by atoms with E-state index in [1.54, 1.807) is 29.8 Å². The van der Waals surface area contributed by atoms with Crippen molar-refractivity contribution in [3.8, 4) is 11.1 Å². The lowest BCUT2D eigenvalue weighted by molar-refractivity contribution is 0.0692. The number of fused-ring (bicyclic) bond motifs is 2. The highest BCUT2D eigenvalue weighted by Crippen LogP contribution is 2.50. The minimum atomic E-state index is -1.26. The van der Waals surface area contributed by atoms with E-state index in [9.17, 15) is 14.3 Å². The summed E-state index contributed by atoms with van der Waals surface area (Å²) in [6, 6.07) is 19.6. The number of carbonyl (C=O) groups is 1. The summed E-state index contributed by atoms with van der Waals surface area (Å²) in [5.74, 6) is -1.98. The Labute approximate surface area is 208 Å². The molecule has 1 atom stereocenters. The molecule has 176 valence electrons. The minimum absolute atomic E-state index is 0.243. The van der Waals surface area contributed by atoms with Gasteiger partial charge in [0.25, 0.3) is 0 Å². The van der Waals surface area contributed by atoms with Gasteiger partial charge >= 0.3 is 5.97 Å². The number of hydrogen-bond donors (Lipinski definition) is 1. The van der Waals surface area contributed by atoms with Crippen LogP contribution in [0.25, 0.3) is 11.1 Å². The van der Waals surface area contributed by atoms with Crippen LogP contribution in [-0.2, 0) is 0 Å². The second-order valence-electron chi connectivity index (χ2n) is 9.65. The van der Waals surface area contributed by atoms with E-state index in [1.165, 1.54) is 12.1 Å². The molecule has 7 heteroatoms. The van der Waals surface area contributed by atoms with E-state index in [2.05, 4.69) is 59.5 Å². The Bertz CT molecular complexity index is 1250. The summed E-state index contributed by atoms with van der Waals surface area (Å²) in [6.45, 7) is 6.55. The number of carboxylic acid groups (broad SMARTS) is 1. The molecule has 2 aliphatic heterocycles. The number of nitrogens with zero attached hydrogens (tertiary/aromatic N) is 2. The molecule has 0 radical (unpaired) electrons. The summed E-state index contributed by atoms with van der Waals surface area (Å²) in [4.78, 5) is 16.1. The first-order valence-electron chi connectivity index (χ1n) is 11.3. The standard InChI is InChI=1S/C27H27FN2O2S2/c1-27(2)14-19-15-29(18-7-5-4-6-8-18)23-13-24(33-3)20(12-25(23)34-30(19)16-27)17-9-10-22(28)21(11-17)26(31)32/h4-13,19H,14-16H2,1-3H3,(H,31,32). The third-order valence-corrected chi connectivity index (χ3v) is 8.50. The average molecular weight is 495 g/mol. The Kier molecular flexibility index (Phi) is 6.12. The van der Waals surface area contributed by atoms with Crippen LogP contribution in [0.4, 0.5) is 15.8 Å². The Morgan fingerprint density at radius 2 is 1.91 bits per heavy atom. The molecule has 1 fully saturated rings. The first-order valence-corrected chi connectivity index (χ1v) is 13.3. The van der Waals surface area contributed by atoms with Crippen molar-refractivity contribution in [3.05, 3.63) is 72.0 Å². The SMILES string of the molecule is CSc1cc2c(cc1-c1ccc(F)c(C(=O)O)c1)SN1CC(C)(C)CC1CN2c1ccccc1. The van der Waals surface area contributed by atoms with Gasteiger partial charge in [0.2, 0.25) is 0 Å². The van der Waals surface area contributed by atoms with Crippen LogP contribution in [0.2, 0.25) is 0 Å². The average Bonchev–Trinajstić information content (AvgIpc) is 3.02. The van der Waals surface area contributed by atoms with Gasteiger partial charge < -0.3 is 10.0 Å². The molecule has 3 aromatic rings. The van der Waals surface area contributed by atoms with Crippen molar-refractivity contribution < 1.29 is 14.3 Å². The lowest BCUT2D eigenvalue weighted by Gasteiger charge is -2.28. The molecule has 2 heterocycles. The van der Waals surface area contributed by atoms with Gasteiger partial charge in [0.1, 0.15) is 5.82 Å². The Hall–Kier alpha value is -2.48. The first-order chi connectivity index (χ1) is 16.3. The minimum Gasteiger partial charge on any atom is -0.478 e. The van der Waals surface area contributed by atoms with E-state index < -0.39 is 11.8 Å². The number of carboxylic acids is 1. The van der Waals surface area contributed by atoms with E-state index >= 15 is 0 Å². The van der Waals surface area contributed by atoms with E-state index in [0.29, 0.717) is 11.6 Å². The first kappa shape index (κ1) is 23.3. The zero-order valence-corrected chi connectivity index (χ0v) is 21.0. The molecule has 0 amide bonds. The Balaban J connectivity index is 1.67. The summed E-state index contributed by atoms with van der Waals surface area (Å²) in [6.07, 6.45) is 3.14. The normalized spacial score (nSPS) is 19.4. The monoisotopic (exact) mass is 494 g/mol. The van der Waals surface area contributed by atoms with E-state index in [0.717, 1.165) is 46.2 Å². The van der Waals surface area contributed by atoms with E-state index in [1.807, 2.05) is 12.3 Å². The number of para-hydroxylation sites is 1. The second-order valence-corrected chi connectivity index (χ2v) is 11.6. The van der Waals surface area contributed by atoms with Crippen LogP contribution < -0.4 is 4.90 Å². The molecular weight excluding hydrogens is 467 g/mol. The van der Waals surface area contributed by atoms with Crippen molar-refractivity contribution >= 4 is 41.1 Å². The van der Waals surface area contributed by atoms with Gasteiger partial charge in [-0.25, -0.2) is 13.5 Å². The number of halogens is 1. The maximum atomic E-state index is 14.1. The van der Waals surface area contributed by atoms with Crippen molar-refractivity contribution in [1.82, 2.24) is 4.31 Å². The molecule has 0 aliphatic carbocycles. The number of rotatable bonds is 4. The molecule has 0 bridgehead atoms. The molecule has 1 unspecified atom stereocenters. The van der Waals surface area contributed by atoms with Crippen LogP contribution >= 0.6 is 23.7 Å². The highest BCUT2D eigenvalue weighted by molar-refractivity contribution is 7.98. The van der Waals surface area contributed by atoms with E-state index in [4.69, 9.17) is 0 Å². The molecular formula is C27H27FN2O2S2. The van der Waals surface area contributed by atoms with Crippen LogP contribution in [-0.4, -0.2) is 40.8 Å². The topological polar surface area (TPSA) is 43.8 Å². The number of aromatic carboxylic acids is 1.